The summed E-state index contributed by atoms with van der Waals surface area (Å²) < 4.78 is 19.3. The molecule has 0 aliphatic carbocycles. The number of halogens is 2. The van der Waals surface area contributed by atoms with Crippen LogP contribution in [0.2, 0.25) is 0 Å². The van der Waals surface area contributed by atoms with E-state index in [0.717, 1.165) is 4.47 Å². The third-order valence-electron chi connectivity index (χ3n) is 2.79. The molecule has 5 heteroatoms. The minimum absolute atomic E-state index is 0.253. The van der Waals surface area contributed by atoms with Crippen molar-refractivity contribution in [1.29, 1.82) is 0 Å². The van der Waals surface area contributed by atoms with Crippen molar-refractivity contribution in [1.82, 2.24) is 0 Å². The number of anilines is 1. The number of benzene rings is 2. The van der Waals surface area contributed by atoms with E-state index in [-0.39, 0.29) is 5.69 Å². The molecule has 0 aromatic heterocycles. The van der Waals surface area contributed by atoms with Gasteiger partial charge in [0.15, 0.2) is 6.04 Å². The molecule has 0 saturated carbocycles. The summed E-state index contributed by atoms with van der Waals surface area (Å²) in [6.45, 7) is 0. The fourth-order valence-electron chi connectivity index (χ4n) is 1.82. The Morgan fingerprint density at radius 1 is 1.25 bits per heavy atom. The van der Waals surface area contributed by atoms with Crippen LogP contribution < -0.4 is 5.32 Å². The molecular weight excluding hydrogens is 325 g/mol. The normalized spacial score (nSPS) is 11.8. The Morgan fingerprint density at radius 3 is 2.65 bits per heavy atom. The van der Waals surface area contributed by atoms with Crippen LogP contribution in [0.5, 0.6) is 0 Å². The summed E-state index contributed by atoms with van der Waals surface area (Å²) in [6, 6.07) is 12.6. The fourth-order valence-corrected chi connectivity index (χ4v) is 2.23. The highest BCUT2D eigenvalue weighted by Gasteiger charge is 2.22. The fraction of sp³-hybridized carbons (Fsp3) is 0.133. The molecule has 0 saturated heterocycles. The lowest BCUT2D eigenvalue weighted by Gasteiger charge is -2.18. The maximum Gasteiger partial charge on any atom is 0.332 e. The average Bonchev–Trinajstić information content (AvgIpc) is 2.45. The van der Waals surface area contributed by atoms with Gasteiger partial charge in [-0.15, -0.1) is 0 Å². The lowest BCUT2D eigenvalue weighted by atomic mass is 10.1. The highest BCUT2D eigenvalue weighted by molar-refractivity contribution is 9.10. The van der Waals surface area contributed by atoms with Gasteiger partial charge in [0.05, 0.1) is 12.8 Å². The number of carbonyl (C=O) groups excluding carboxylic acids is 1. The van der Waals surface area contributed by atoms with Gasteiger partial charge in [-0.1, -0.05) is 40.2 Å². The van der Waals surface area contributed by atoms with Gasteiger partial charge in [-0.05, 0) is 29.8 Å². The van der Waals surface area contributed by atoms with Crippen LogP contribution in [-0.4, -0.2) is 13.1 Å². The highest BCUT2D eigenvalue weighted by Crippen LogP contribution is 2.25. The molecule has 0 heterocycles. The van der Waals surface area contributed by atoms with Crippen molar-refractivity contribution in [3.8, 4) is 0 Å². The van der Waals surface area contributed by atoms with Crippen LogP contribution in [0.25, 0.3) is 0 Å². The number of esters is 1. The number of rotatable bonds is 4. The summed E-state index contributed by atoms with van der Waals surface area (Å²) in [7, 11) is 1.30. The van der Waals surface area contributed by atoms with Crippen molar-refractivity contribution in [3.63, 3.8) is 0 Å². The molecular formula is C15H13BrFNO2. The molecule has 0 radical (unpaired) electrons. The molecule has 2 rings (SSSR count). The first-order valence-corrected chi connectivity index (χ1v) is 6.75. The average molecular weight is 338 g/mol. The van der Waals surface area contributed by atoms with Gasteiger partial charge in [0.1, 0.15) is 5.82 Å². The summed E-state index contributed by atoms with van der Waals surface area (Å²) in [4.78, 5) is 11.9. The predicted molar refractivity (Wildman–Crippen MR) is 78.9 cm³/mol. The van der Waals surface area contributed by atoms with Crippen LogP contribution in [0.4, 0.5) is 10.1 Å². The van der Waals surface area contributed by atoms with Crippen molar-refractivity contribution in [2.24, 2.45) is 0 Å². The summed E-state index contributed by atoms with van der Waals surface area (Å²) in [6.07, 6.45) is 0. The molecule has 0 fully saturated rings. The van der Waals surface area contributed by atoms with Gasteiger partial charge >= 0.3 is 5.97 Å². The molecule has 3 nitrogen and oxygen atoms in total. The number of ether oxygens (including phenoxy) is 1. The van der Waals surface area contributed by atoms with Gasteiger partial charge in [-0.2, -0.15) is 0 Å². The number of hydrogen-bond acceptors (Lipinski definition) is 3. The Labute approximate surface area is 124 Å². The minimum atomic E-state index is -0.769. The molecule has 2 aromatic rings. The smallest absolute Gasteiger partial charge is 0.332 e. The SMILES string of the molecule is COC(=O)C(Nc1ccccc1F)c1cccc(Br)c1. The number of methoxy groups -OCH3 is 1. The zero-order valence-electron chi connectivity index (χ0n) is 10.8. The second kappa shape index (κ2) is 6.52. The Kier molecular flexibility index (Phi) is 4.74. The third kappa shape index (κ3) is 3.36. The Hall–Kier alpha value is -1.88. The minimum Gasteiger partial charge on any atom is -0.467 e. The molecule has 104 valence electrons. The molecule has 20 heavy (non-hydrogen) atoms. The molecule has 2 aromatic carbocycles. The van der Waals surface area contributed by atoms with E-state index in [1.807, 2.05) is 6.07 Å². The van der Waals surface area contributed by atoms with Gasteiger partial charge in [-0.3, -0.25) is 0 Å². The van der Waals surface area contributed by atoms with Crippen molar-refractivity contribution in [2.75, 3.05) is 12.4 Å². The van der Waals surface area contributed by atoms with Crippen molar-refractivity contribution >= 4 is 27.6 Å². The first-order chi connectivity index (χ1) is 9.61. The number of hydrogen-bond donors (Lipinski definition) is 1. The second-order valence-corrected chi connectivity index (χ2v) is 5.05. The van der Waals surface area contributed by atoms with Gasteiger partial charge in [0, 0.05) is 4.47 Å². The second-order valence-electron chi connectivity index (χ2n) is 4.14. The topological polar surface area (TPSA) is 38.3 Å². The van der Waals surface area contributed by atoms with Crippen LogP contribution in [-0.2, 0) is 9.53 Å². The van der Waals surface area contributed by atoms with Gasteiger partial charge in [0.25, 0.3) is 0 Å². The number of para-hydroxylation sites is 1. The molecule has 1 N–H and O–H groups in total. The molecule has 0 bridgehead atoms. The zero-order valence-corrected chi connectivity index (χ0v) is 12.4. The highest BCUT2D eigenvalue weighted by atomic mass is 79.9. The summed E-state index contributed by atoms with van der Waals surface area (Å²) in [5.74, 6) is -0.900. The Bertz CT molecular complexity index is 618. The molecule has 1 atom stereocenters. The summed E-state index contributed by atoms with van der Waals surface area (Å²) >= 11 is 3.35. The van der Waals surface area contributed by atoms with E-state index in [0.29, 0.717) is 5.56 Å². The van der Waals surface area contributed by atoms with E-state index >= 15 is 0 Å². The van der Waals surface area contributed by atoms with Crippen LogP contribution >= 0.6 is 15.9 Å². The standard InChI is InChI=1S/C15H13BrFNO2/c1-20-15(19)14(10-5-4-6-11(16)9-10)18-13-8-3-2-7-12(13)17/h2-9,14,18H,1H3. The molecule has 0 spiro atoms. The third-order valence-corrected chi connectivity index (χ3v) is 3.29. The maximum atomic E-state index is 13.7. The lowest BCUT2D eigenvalue weighted by molar-refractivity contribution is -0.141. The molecule has 0 aliphatic rings. The Balaban J connectivity index is 2.34. The monoisotopic (exact) mass is 337 g/mol. The number of nitrogens with one attached hydrogen (secondary N) is 1. The van der Waals surface area contributed by atoms with Crippen molar-refractivity contribution in [2.45, 2.75) is 6.04 Å². The molecule has 0 aliphatic heterocycles. The lowest BCUT2D eigenvalue weighted by Crippen LogP contribution is -2.22. The van der Waals surface area contributed by atoms with Gasteiger partial charge in [0.2, 0.25) is 0 Å². The largest absolute Gasteiger partial charge is 0.467 e. The van der Waals surface area contributed by atoms with Crippen LogP contribution in [0.1, 0.15) is 11.6 Å². The van der Waals surface area contributed by atoms with Crippen molar-refractivity contribution in [3.05, 3.63) is 64.4 Å². The maximum absolute atomic E-state index is 13.7. The first kappa shape index (κ1) is 14.5. The van der Waals surface area contributed by atoms with E-state index in [4.69, 9.17) is 4.74 Å². The van der Waals surface area contributed by atoms with E-state index in [1.54, 1.807) is 36.4 Å². The van der Waals surface area contributed by atoms with E-state index in [2.05, 4.69) is 21.2 Å². The zero-order chi connectivity index (χ0) is 14.5. The van der Waals surface area contributed by atoms with E-state index in [9.17, 15) is 9.18 Å². The van der Waals surface area contributed by atoms with Crippen molar-refractivity contribution < 1.29 is 13.9 Å². The predicted octanol–water partition coefficient (Wildman–Crippen LogP) is 3.91. The summed E-state index contributed by atoms with van der Waals surface area (Å²) in [5.41, 5.74) is 0.942. The van der Waals surface area contributed by atoms with E-state index < -0.39 is 17.8 Å². The van der Waals surface area contributed by atoms with Crippen LogP contribution in [0.3, 0.4) is 0 Å². The van der Waals surface area contributed by atoms with Gasteiger partial charge < -0.3 is 10.1 Å². The first-order valence-electron chi connectivity index (χ1n) is 5.96. The number of carbonyl (C=O) groups is 1. The van der Waals surface area contributed by atoms with E-state index in [1.165, 1.54) is 13.2 Å². The van der Waals surface area contributed by atoms with Gasteiger partial charge in [-0.25, -0.2) is 9.18 Å². The molecule has 1 unspecified atom stereocenters. The van der Waals surface area contributed by atoms with Crippen LogP contribution in [0.15, 0.2) is 53.0 Å². The summed E-state index contributed by atoms with van der Waals surface area (Å²) in [5, 5.41) is 2.87. The quantitative estimate of drug-likeness (QED) is 0.859. The van der Waals surface area contributed by atoms with Crippen LogP contribution in [0, 0.1) is 5.82 Å². The Morgan fingerprint density at radius 2 is 2.00 bits per heavy atom. The molecule has 0 amide bonds.